The zero-order chi connectivity index (χ0) is 30.0. The van der Waals surface area contributed by atoms with Crippen molar-refractivity contribution in [3.63, 3.8) is 0 Å². The molecule has 12 nitrogen and oxygen atoms in total. The number of methoxy groups -OCH3 is 2. The van der Waals surface area contributed by atoms with E-state index in [-0.39, 0.29) is 35.9 Å². The standard InChI is InChI=1S/C25H33F3N4O8/c1-13(2)10-16(31-23(36)24(37)32-20-18(38-3)6-5-7-19(20)39-4)22(35)30-15(11-14-8-9-29-21(14)34)17(33)12-40-25(26,27)28/h5-7,13-16H,8-12H2,1-4H3,(H,29,34)(H,30,35)(H,31,36)(H,32,37)/t14-,15-,16-/m0/s1. The Kier molecular flexibility index (Phi) is 11.7. The Hall–Kier alpha value is -3.88. The number of ether oxygens (including phenoxy) is 3. The minimum Gasteiger partial charge on any atom is -0.494 e. The minimum absolute atomic E-state index is 0.0205. The van der Waals surface area contributed by atoms with Crippen LogP contribution in [0.4, 0.5) is 18.9 Å². The molecule has 1 fully saturated rings. The van der Waals surface area contributed by atoms with E-state index in [9.17, 15) is 37.1 Å². The summed E-state index contributed by atoms with van der Waals surface area (Å²) in [6, 6.07) is 1.80. The van der Waals surface area contributed by atoms with Crippen molar-refractivity contribution in [1.82, 2.24) is 16.0 Å². The average Bonchev–Trinajstić information content (AvgIpc) is 3.29. The highest BCUT2D eigenvalue weighted by atomic mass is 19.4. The summed E-state index contributed by atoms with van der Waals surface area (Å²) in [6.45, 7) is 2.40. The van der Waals surface area contributed by atoms with Crippen LogP contribution in [0, 0.1) is 11.8 Å². The highest BCUT2D eigenvalue weighted by molar-refractivity contribution is 6.40. The molecule has 0 aliphatic carbocycles. The van der Waals surface area contributed by atoms with Crippen LogP contribution in [0.3, 0.4) is 0 Å². The molecule has 1 aliphatic heterocycles. The number of benzene rings is 1. The molecule has 1 aromatic rings. The molecule has 4 N–H and O–H groups in total. The van der Waals surface area contributed by atoms with E-state index >= 15 is 0 Å². The van der Waals surface area contributed by atoms with Crippen LogP contribution in [0.15, 0.2) is 18.2 Å². The van der Waals surface area contributed by atoms with Gasteiger partial charge in [-0.15, -0.1) is 13.2 Å². The predicted octanol–water partition coefficient (Wildman–Crippen LogP) is 1.29. The fourth-order valence-electron chi connectivity index (χ4n) is 4.02. The lowest BCUT2D eigenvalue weighted by atomic mass is 9.95. The number of para-hydroxylation sites is 1. The molecule has 40 heavy (non-hydrogen) atoms. The molecule has 2 rings (SSSR count). The van der Waals surface area contributed by atoms with Crippen molar-refractivity contribution < 1.29 is 51.4 Å². The fourth-order valence-corrected chi connectivity index (χ4v) is 4.02. The second-order valence-electron chi connectivity index (χ2n) is 9.42. The molecule has 1 heterocycles. The van der Waals surface area contributed by atoms with Crippen LogP contribution in [0.1, 0.15) is 33.1 Å². The van der Waals surface area contributed by atoms with Gasteiger partial charge in [0.05, 0.1) is 20.3 Å². The lowest BCUT2D eigenvalue weighted by molar-refractivity contribution is -0.321. The van der Waals surface area contributed by atoms with E-state index in [1.807, 2.05) is 0 Å². The number of hydrogen-bond donors (Lipinski definition) is 4. The van der Waals surface area contributed by atoms with Gasteiger partial charge in [-0.25, -0.2) is 0 Å². The predicted molar refractivity (Wildman–Crippen MR) is 134 cm³/mol. The van der Waals surface area contributed by atoms with E-state index in [0.29, 0.717) is 13.0 Å². The summed E-state index contributed by atoms with van der Waals surface area (Å²) in [5.74, 6) is -5.29. The molecule has 15 heteroatoms. The Bertz CT molecular complexity index is 1070. The molecule has 1 saturated heterocycles. The van der Waals surface area contributed by atoms with Crippen LogP contribution in [0.2, 0.25) is 0 Å². The van der Waals surface area contributed by atoms with Gasteiger partial charge < -0.3 is 30.7 Å². The Morgan fingerprint density at radius 1 is 1.02 bits per heavy atom. The SMILES string of the molecule is COc1cccc(OC)c1NC(=O)C(=O)N[C@@H](CC(C)C)C(=O)N[C@@H](C[C@@H]1CCNC1=O)C(=O)COC(F)(F)F. The number of carbonyl (C=O) groups is 5. The largest absolute Gasteiger partial charge is 0.522 e. The first-order valence-electron chi connectivity index (χ1n) is 12.4. The van der Waals surface area contributed by atoms with E-state index in [4.69, 9.17) is 9.47 Å². The Morgan fingerprint density at radius 2 is 1.65 bits per heavy atom. The topological polar surface area (TPSA) is 161 Å². The highest BCUT2D eigenvalue weighted by Crippen LogP contribution is 2.34. The zero-order valence-electron chi connectivity index (χ0n) is 22.5. The number of anilines is 1. The maximum absolute atomic E-state index is 13.2. The molecular formula is C25H33F3N4O8. The van der Waals surface area contributed by atoms with Crippen LogP contribution >= 0.6 is 0 Å². The van der Waals surface area contributed by atoms with E-state index in [1.54, 1.807) is 19.9 Å². The van der Waals surface area contributed by atoms with Crippen LogP contribution in [-0.4, -0.2) is 75.2 Å². The summed E-state index contributed by atoms with van der Waals surface area (Å²) in [6.07, 6.45) is -5.02. The van der Waals surface area contributed by atoms with Gasteiger partial charge in [0.15, 0.2) is 5.78 Å². The third kappa shape index (κ3) is 9.70. The maximum atomic E-state index is 13.2. The van der Waals surface area contributed by atoms with Gasteiger partial charge in [0, 0.05) is 12.5 Å². The normalized spacial score (nSPS) is 16.5. The van der Waals surface area contributed by atoms with Crippen molar-refractivity contribution in [1.29, 1.82) is 0 Å². The number of ketones is 1. The third-order valence-corrected chi connectivity index (χ3v) is 5.97. The Balaban J connectivity index is 2.19. The second-order valence-corrected chi connectivity index (χ2v) is 9.42. The molecule has 222 valence electrons. The van der Waals surface area contributed by atoms with Crippen LogP contribution in [0.5, 0.6) is 11.5 Å². The van der Waals surface area contributed by atoms with E-state index < -0.39 is 60.4 Å². The minimum atomic E-state index is -5.08. The van der Waals surface area contributed by atoms with Crippen molar-refractivity contribution in [2.75, 3.05) is 32.7 Å². The second kappa shape index (κ2) is 14.5. The number of nitrogens with one attached hydrogen (secondary N) is 4. The Morgan fingerprint density at radius 3 is 2.15 bits per heavy atom. The van der Waals surface area contributed by atoms with Gasteiger partial charge in [0.1, 0.15) is 29.8 Å². The molecular weight excluding hydrogens is 541 g/mol. The van der Waals surface area contributed by atoms with Crippen LogP contribution < -0.4 is 30.7 Å². The van der Waals surface area contributed by atoms with E-state index in [2.05, 4.69) is 26.0 Å². The van der Waals surface area contributed by atoms with Crippen molar-refractivity contribution in [3.8, 4) is 11.5 Å². The van der Waals surface area contributed by atoms with Gasteiger partial charge in [-0.3, -0.25) is 28.7 Å². The van der Waals surface area contributed by atoms with E-state index in [0.717, 1.165) is 0 Å². The smallest absolute Gasteiger partial charge is 0.494 e. The molecule has 0 unspecified atom stereocenters. The molecule has 3 atom stereocenters. The van der Waals surface area contributed by atoms with Gasteiger partial charge in [0.25, 0.3) is 0 Å². The summed E-state index contributed by atoms with van der Waals surface area (Å²) in [5, 5.41) is 9.55. The molecule has 0 aromatic heterocycles. The van der Waals surface area contributed by atoms with Gasteiger partial charge in [-0.1, -0.05) is 19.9 Å². The molecule has 0 bridgehead atoms. The van der Waals surface area contributed by atoms with Gasteiger partial charge >= 0.3 is 18.2 Å². The number of Topliss-reactive ketones (excluding diaryl/α,β-unsaturated/α-hetero) is 1. The highest BCUT2D eigenvalue weighted by Gasteiger charge is 2.36. The molecule has 0 saturated carbocycles. The van der Waals surface area contributed by atoms with Crippen molar-refractivity contribution in [2.45, 2.75) is 51.6 Å². The maximum Gasteiger partial charge on any atom is 0.522 e. The first kappa shape index (κ1) is 32.3. The summed E-state index contributed by atoms with van der Waals surface area (Å²) in [7, 11) is 2.69. The average molecular weight is 575 g/mol. The molecule has 1 aromatic carbocycles. The third-order valence-electron chi connectivity index (χ3n) is 5.97. The van der Waals surface area contributed by atoms with Crippen LogP contribution in [-0.2, 0) is 28.7 Å². The molecule has 4 amide bonds. The van der Waals surface area contributed by atoms with Crippen LogP contribution in [0.25, 0.3) is 0 Å². The van der Waals surface area contributed by atoms with Gasteiger partial charge in [0.2, 0.25) is 11.8 Å². The van der Waals surface area contributed by atoms with Crippen molar-refractivity contribution in [2.24, 2.45) is 11.8 Å². The number of halogens is 3. The molecule has 0 radical (unpaired) electrons. The van der Waals surface area contributed by atoms with Gasteiger partial charge in [-0.2, -0.15) is 0 Å². The lowest BCUT2D eigenvalue weighted by Crippen LogP contribution is -2.54. The number of amides is 4. The quantitative estimate of drug-likeness (QED) is 0.256. The first-order valence-corrected chi connectivity index (χ1v) is 12.4. The molecule has 1 aliphatic rings. The monoisotopic (exact) mass is 574 g/mol. The summed E-state index contributed by atoms with van der Waals surface area (Å²) in [5.41, 5.74) is 0.0719. The number of hydrogen-bond acceptors (Lipinski definition) is 8. The zero-order valence-corrected chi connectivity index (χ0v) is 22.5. The lowest BCUT2D eigenvalue weighted by Gasteiger charge is -2.25. The van der Waals surface area contributed by atoms with E-state index in [1.165, 1.54) is 26.4 Å². The fraction of sp³-hybridized carbons (Fsp3) is 0.560. The number of carbonyl (C=O) groups excluding carboxylic acids is 5. The Labute approximate surface area is 228 Å². The van der Waals surface area contributed by atoms with Gasteiger partial charge in [-0.05, 0) is 37.3 Å². The summed E-state index contributed by atoms with van der Waals surface area (Å²) >= 11 is 0. The summed E-state index contributed by atoms with van der Waals surface area (Å²) in [4.78, 5) is 63.2. The number of rotatable bonds is 13. The first-order chi connectivity index (χ1) is 18.7. The number of alkyl halides is 3. The molecule has 0 spiro atoms. The van der Waals surface area contributed by atoms with Crippen molar-refractivity contribution >= 4 is 35.1 Å². The van der Waals surface area contributed by atoms with Crippen molar-refractivity contribution in [3.05, 3.63) is 18.2 Å². The summed E-state index contributed by atoms with van der Waals surface area (Å²) < 4.78 is 51.5.